The van der Waals surface area contributed by atoms with Crippen molar-refractivity contribution in [3.63, 3.8) is 0 Å². The van der Waals surface area contributed by atoms with Crippen LogP contribution in [0.3, 0.4) is 0 Å². The number of nitrogens with zero attached hydrogens (tertiary/aromatic N) is 4. The van der Waals surface area contributed by atoms with Crippen molar-refractivity contribution in [1.82, 2.24) is 19.7 Å². The fraction of sp³-hybridized carbons (Fsp3) is 0.227. The Hall–Kier alpha value is -3.45. The minimum atomic E-state index is -0.319. The van der Waals surface area contributed by atoms with Gasteiger partial charge in [0.1, 0.15) is 11.9 Å². The Bertz CT molecular complexity index is 1100. The number of ether oxygens (including phenoxy) is 2. The van der Waals surface area contributed by atoms with E-state index in [9.17, 15) is 0 Å². The molecule has 0 bridgehead atoms. The molecule has 29 heavy (non-hydrogen) atoms. The van der Waals surface area contributed by atoms with E-state index >= 15 is 0 Å². The third-order valence-corrected chi connectivity index (χ3v) is 4.83. The number of benzene rings is 1. The van der Waals surface area contributed by atoms with Gasteiger partial charge in [0.15, 0.2) is 5.82 Å². The van der Waals surface area contributed by atoms with E-state index < -0.39 is 0 Å². The highest BCUT2D eigenvalue weighted by Crippen LogP contribution is 2.29. The van der Waals surface area contributed by atoms with Crippen LogP contribution >= 0.6 is 0 Å². The number of methoxy groups -OCH3 is 1. The van der Waals surface area contributed by atoms with Crippen LogP contribution in [-0.4, -0.2) is 32.9 Å². The van der Waals surface area contributed by atoms with Crippen molar-refractivity contribution in [3.05, 3.63) is 72.7 Å². The topological polar surface area (TPSA) is 88.1 Å². The van der Waals surface area contributed by atoms with Crippen LogP contribution in [0.25, 0.3) is 16.7 Å². The molecule has 7 heteroatoms. The minimum absolute atomic E-state index is 0.172. The molecule has 0 spiro atoms. The predicted octanol–water partition coefficient (Wildman–Crippen LogP) is 3.68. The van der Waals surface area contributed by atoms with Crippen LogP contribution < -0.4 is 15.2 Å². The van der Waals surface area contributed by atoms with Gasteiger partial charge in [-0.3, -0.25) is 0 Å². The number of rotatable bonds is 7. The Morgan fingerprint density at radius 3 is 2.72 bits per heavy atom. The molecule has 0 amide bonds. The molecule has 2 atom stereocenters. The van der Waals surface area contributed by atoms with Crippen molar-refractivity contribution in [2.75, 3.05) is 7.11 Å². The van der Waals surface area contributed by atoms with Gasteiger partial charge < -0.3 is 15.2 Å². The van der Waals surface area contributed by atoms with Crippen LogP contribution in [0.4, 0.5) is 0 Å². The third-order valence-electron chi connectivity index (χ3n) is 4.83. The summed E-state index contributed by atoms with van der Waals surface area (Å²) >= 11 is 0. The zero-order valence-electron chi connectivity index (χ0n) is 16.4. The maximum absolute atomic E-state index is 6.37. The van der Waals surface area contributed by atoms with Gasteiger partial charge in [-0.05, 0) is 42.8 Å². The fourth-order valence-corrected chi connectivity index (χ4v) is 3.22. The van der Waals surface area contributed by atoms with Crippen molar-refractivity contribution in [3.8, 4) is 17.4 Å². The van der Waals surface area contributed by atoms with E-state index in [-0.39, 0.29) is 12.1 Å². The Morgan fingerprint density at radius 2 is 1.97 bits per heavy atom. The summed E-state index contributed by atoms with van der Waals surface area (Å²) < 4.78 is 13.4. The number of hydrogen-bond donors (Lipinski definition) is 1. The van der Waals surface area contributed by atoms with Gasteiger partial charge in [-0.15, -0.1) is 0 Å². The molecule has 0 aliphatic rings. The third kappa shape index (κ3) is 3.90. The highest BCUT2D eigenvalue weighted by atomic mass is 16.5. The van der Waals surface area contributed by atoms with E-state index in [4.69, 9.17) is 15.2 Å². The molecule has 0 saturated carbocycles. The first-order valence-corrected chi connectivity index (χ1v) is 9.51. The quantitative estimate of drug-likeness (QED) is 0.519. The molecule has 3 aromatic heterocycles. The second-order valence-electron chi connectivity index (χ2n) is 6.71. The van der Waals surface area contributed by atoms with Crippen LogP contribution in [0.1, 0.15) is 25.0 Å². The van der Waals surface area contributed by atoms with Crippen LogP contribution in [0.15, 0.2) is 67.1 Å². The van der Waals surface area contributed by atoms with Crippen LogP contribution in [0, 0.1) is 0 Å². The standard InChI is InChI=1S/C22H23N5O2/c1-3-18(23)22(15-9-11-25-21(13-15)28-2)29-17-7-8-19-16(12-17)14-26-27(19)20-6-4-5-10-24-20/h4-14,18,22H,3,23H2,1-2H3. The lowest BCUT2D eigenvalue weighted by atomic mass is 10.0. The summed E-state index contributed by atoms with van der Waals surface area (Å²) in [4.78, 5) is 8.54. The van der Waals surface area contributed by atoms with E-state index in [1.165, 1.54) is 0 Å². The molecule has 4 aromatic rings. The fourth-order valence-electron chi connectivity index (χ4n) is 3.22. The first-order valence-electron chi connectivity index (χ1n) is 9.51. The second-order valence-corrected chi connectivity index (χ2v) is 6.71. The maximum atomic E-state index is 6.37. The first-order chi connectivity index (χ1) is 14.2. The molecule has 3 heterocycles. The highest BCUT2D eigenvalue weighted by molar-refractivity contribution is 5.81. The number of pyridine rings is 2. The normalized spacial score (nSPS) is 13.2. The Morgan fingerprint density at radius 1 is 1.07 bits per heavy atom. The zero-order valence-corrected chi connectivity index (χ0v) is 16.4. The van der Waals surface area contributed by atoms with Gasteiger partial charge in [0.05, 0.1) is 18.8 Å². The summed E-state index contributed by atoms with van der Waals surface area (Å²) in [6, 6.07) is 15.2. The van der Waals surface area contributed by atoms with Gasteiger partial charge in [-0.1, -0.05) is 13.0 Å². The lowest BCUT2D eigenvalue weighted by molar-refractivity contribution is 0.170. The number of hydrogen-bond acceptors (Lipinski definition) is 6. The van der Waals surface area contributed by atoms with E-state index in [1.807, 2.05) is 60.1 Å². The summed E-state index contributed by atoms with van der Waals surface area (Å²) in [5, 5.41) is 5.43. The van der Waals surface area contributed by atoms with Crippen LogP contribution in [0.5, 0.6) is 11.6 Å². The average Bonchev–Trinajstić information content (AvgIpc) is 3.21. The van der Waals surface area contributed by atoms with Gasteiger partial charge in [0.2, 0.25) is 5.88 Å². The molecule has 2 N–H and O–H groups in total. The molecule has 0 aliphatic heterocycles. The molecular formula is C22H23N5O2. The van der Waals surface area contributed by atoms with Gasteiger partial charge >= 0.3 is 0 Å². The Balaban J connectivity index is 1.66. The summed E-state index contributed by atoms with van der Waals surface area (Å²) in [5.41, 5.74) is 8.25. The highest BCUT2D eigenvalue weighted by Gasteiger charge is 2.22. The van der Waals surface area contributed by atoms with E-state index in [2.05, 4.69) is 15.1 Å². The number of nitrogens with two attached hydrogens (primary N) is 1. The van der Waals surface area contributed by atoms with Crippen molar-refractivity contribution >= 4 is 10.9 Å². The Labute approximate surface area is 169 Å². The van der Waals surface area contributed by atoms with Gasteiger partial charge in [-0.2, -0.15) is 5.10 Å². The van der Waals surface area contributed by atoms with Gasteiger partial charge in [0, 0.05) is 35.5 Å². The lowest BCUT2D eigenvalue weighted by Gasteiger charge is -2.25. The van der Waals surface area contributed by atoms with Crippen molar-refractivity contribution in [2.24, 2.45) is 5.73 Å². The molecule has 1 aromatic carbocycles. The molecule has 4 rings (SSSR count). The van der Waals surface area contributed by atoms with Gasteiger partial charge in [0.25, 0.3) is 0 Å². The SMILES string of the molecule is CCC(N)C(Oc1ccc2c(cnn2-c2ccccn2)c1)c1ccnc(OC)c1. The van der Waals surface area contributed by atoms with Crippen molar-refractivity contribution in [1.29, 1.82) is 0 Å². The van der Waals surface area contributed by atoms with Crippen LogP contribution in [-0.2, 0) is 0 Å². The second kappa shape index (κ2) is 8.28. The summed E-state index contributed by atoms with van der Waals surface area (Å²) in [6.07, 6.45) is 5.71. The number of aromatic nitrogens is 4. The molecular weight excluding hydrogens is 366 g/mol. The Kier molecular flexibility index (Phi) is 5.39. The average molecular weight is 389 g/mol. The van der Waals surface area contributed by atoms with Crippen molar-refractivity contribution in [2.45, 2.75) is 25.5 Å². The largest absolute Gasteiger partial charge is 0.484 e. The number of fused-ring (bicyclic) bond motifs is 1. The van der Waals surface area contributed by atoms with Crippen LogP contribution in [0.2, 0.25) is 0 Å². The maximum Gasteiger partial charge on any atom is 0.213 e. The molecule has 7 nitrogen and oxygen atoms in total. The summed E-state index contributed by atoms with van der Waals surface area (Å²) in [7, 11) is 1.59. The molecule has 0 saturated heterocycles. The minimum Gasteiger partial charge on any atom is -0.484 e. The first kappa shape index (κ1) is 18.9. The predicted molar refractivity (Wildman–Crippen MR) is 111 cm³/mol. The zero-order chi connectivity index (χ0) is 20.2. The van der Waals surface area contributed by atoms with E-state index in [0.717, 1.165) is 34.5 Å². The molecule has 2 unspecified atom stereocenters. The van der Waals surface area contributed by atoms with Gasteiger partial charge in [-0.25, -0.2) is 14.6 Å². The smallest absolute Gasteiger partial charge is 0.213 e. The molecule has 0 aliphatic carbocycles. The summed E-state index contributed by atoms with van der Waals surface area (Å²) in [6.45, 7) is 2.04. The summed E-state index contributed by atoms with van der Waals surface area (Å²) in [5.74, 6) is 2.03. The van der Waals surface area contributed by atoms with E-state index in [1.54, 1.807) is 25.7 Å². The van der Waals surface area contributed by atoms with E-state index in [0.29, 0.717) is 5.88 Å². The molecule has 0 fully saturated rings. The molecule has 148 valence electrons. The lowest BCUT2D eigenvalue weighted by Crippen LogP contribution is -2.31. The monoisotopic (exact) mass is 389 g/mol. The molecule has 0 radical (unpaired) electrons. The van der Waals surface area contributed by atoms with Crippen molar-refractivity contribution < 1.29 is 9.47 Å².